The Kier molecular flexibility index (Phi) is 5.22. The third-order valence-electron chi connectivity index (χ3n) is 5.35. The number of fused-ring (bicyclic) bond motifs is 2. The third kappa shape index (κ3) is 3.57. The van der Waals surface area contributed by atoms with Gasteiger partial charge in [-0.25, -0.2) is 8.42 Å². The fourth-order valence-corrected chi connectivity index (χ4v) is 4.97. The summed E-state index contributed by atoms with van der Waals surface area (Å²) >= 11 is 0. The van der Waals surface area contributed by atoms with Crippen molar-refractivity contribution in [2.24, 2.45) is 0 Å². The highest BCUT2D eigenvalue weighted by Crippen LogP contribution is 2.38. The van der Waals surface area contributed by atoms with Crippen LogP contribution in [-0.4, -0.2) is 39.2 Å². The smallest absolute Gasteiger partial charge is 0.263 e. The first-order chi connectivity index (χ1) is 13.5. The van der Waals surface area contributed by atoms with E-state index in [1.807, 2.05) is 0 Å². The molecular formula is C19H24N4O4S. The van der Waals surface area contributed by atoms with E-state index >= 15 is 0 Å². The fourth-order valence-electron chi connectivity index (χ4n) is 4.02. The molecule has 2 N–H and O–H groups in total. The molecule has 1 aromatic carbocycles. The number of rotatable bonds is 7. The minimum absolute atomic E-state index is 0.194. The molecule has 8 nitrogen and oxygen atoms in total. The Labute approximate surface area is 164 Å². The quantitative estimate of drug-likeness (QED) is 0.678. The number of anilines is 1. The predicted molar refractivity (Wildman–Crippen MR) is 104 cm³/mol. The number of nitrogens with zero attached hydrogens (tertiary/aromatic N) is 2. The number of benzene rings is 1. The standard InChI is InChI=1S/C19H24N4O4S/c1-26-16-9-10-17(22-21-16)28(24,25)23-19(27-2)20-18-14-7-3-5-12(14)11-13-6-4-8-15(13)18/h9-11,19-20,23H,3-8H2,1-2H3. The molecule has 9 heteroatoms. The van der Waals surface area contributed by atoms with Crippen LogP contribution in [-0.2, 0) is 40.4 Å². The van der Waals surface area contributed by atoms with Gasteiger partial charge in [-0.2, -0.15) is 4.72 Å². The second kappa shape index (κ2) is 7.65. The van der Waals surface area contributed by atoms with Gasteiger partial charge in [0.2, 0.25) is 5.88 Å². The largest absolute Gasteiger partial charge is 0.480 e. The molecule has 28 heavy (non-hydrogen) atoms. The lowest BCUT2D eigenvalue weighted by Crippen LogP contribution is -2.42. The molecule has 4 rings (SSSR count). The van der Waals surface area contributed by atoms with Gasteiger partial charge in [0, 0.05) is 18.9 Å². The van der Waals surface area contributed by atoms with Crippen LogP contribution >= 0.6 is 0 Å². The number of hydrogen-bond acceptors (Lipinski definition) is 7. The zero-order chi connectivity index (χ0) is 19.7. The van der Waals surface area contributed by atoms with E-state index in [1.165, 1.54) is 48.6 Å². The first-order valence-electron chi connectivity index (χ1n) is 9.37. The van der Waals surface area contributed by atoms with Crippen molar-refractivity contribution in [1.82, 2.24) is 14.9 Å². The Morgan fingerprint density at radius 2 is 1.68 bits per heavy atom. The molecule has 0 aliphatic heterocycles. The van der Waals surface area contributed by atoms with Crippen LogP contribution in [0.2, 0.25) is 0 Å². The summed E-state index contributed by atoms with van der Waals surface area (Å²) in [4.78, 5) is 0. The summed E-state index contributed by atoms with van der Waals surface area (Å²) in [6.07, 6.45) is 5.47. The number of sulfonamides is 1. The number of hydrogen-bond donors (Lipinski definition) is 2. The van der Waals surface area contributed by atoms with Crippen LogP contribution in [0.3, 0.4) is 0 Å². The summed E-state index contributed by atoms with van der Waals surface area (Å²) in [6, 6.07) is 5.13. The molecule has 0 saturated carbocycles. The van der Waals surface area contributed by atoms with Gasteiger partial charge in [0.15, 0.2) is 11.4 Å². The molecule has 1 aromatic heterocycles. The molecule has 0 spiro atoms. The van der Waals surface area contributed by atoms with E-state index in [0.717, 1.165) is 44.2 Å². The summed E-state index contributed by atoms with van der Waals surface area (Å²) in [5.74, 6) is 0.246. The average Bonchev–Trinajstić information content (AvgIpc) is 3.36. The summed E-state index contributed by atoms with van der Waals surface area (Å²) in [5, 5.41) is 10.5. The van der Waals surface area contributed by atoms with Gasteiger partial charge in [-0.05, 0) is 66.8 Å². The van der Waals surface area contributed by atoms with Gasteiger partial charge in [0.25, 0.3) is 10.0 Å². The Morgan fingerprint density at radius 1 is 1.00 bits per heavy atom. The van der Waals surface area contributed by atoms with Gasteiger partial charge < -0.3 is 14.8 Å². The van der Waals surface area contributed by atoms with Crippen molar-refractivity contribution in [2.45, 2.75) is 49.9 Å². The van der Waals surface area contributed by atoms with Crippen molar-refractivity contribution in [3.05, 3.63) is 40.5 Å². The normalized spacial score (nSPS) is 16.5. The van der Waals surface area contributed by atoms with E-state index in [9.17, 15) is 8.42 Å². The molecule has 1 unspecified atom stereocenters. The predicted octanol–water partition coefficient (Wildman–Crippen LogP) is 1.78. The zero-order valence-corrected chi connectivity index (χ0v) is 16.8. The molecule has 2 aromatic rings. The SMILES string of the molecule is COc1ccc(S(=O)(=O)NC(Nc2c3c(cc4c2CCC4)CCC3)OC)nn1. The molecule has 1 heterocycles. The van der Waals surface area contributed by atoms with E-state index < -0.39 is 16.4 Å². The van der Waals surface area contributed by atoms with Crippen LogP contribution in [0.4, 0.5) is 5.69 Å². The maximum Gasteiger partial charge on any atom is 0.263 e. The van der Waals surface area contributed by atoms with Gasteiger partial charge in [0.05, 0.1) is 7.11 Å². The van der Waals surface area contributed by atoms with Crippen molar-refractivity contribution in [1.29, 1.82) is 0 Å². The number of nitrogens with one attached hydrogen (secondary N) is 2. The monoisotopic (exact) mass is 404 g/mol. The lowest BCUT2D eigenvalue weighted by atomic mass is 9.99. The topological polar surface area (TPSA) is 102 Å². The van der Waals surface area contributed by atoms with Crippen molar-refractivity contribution in [3.8, 4) is 5.88 Å². The molecule has 2 aliphatic carbocycles. The molecule has 1 atom stereocenters. The second-order valence-electron chi connectivity index (χ2n) is 7.03. The molecule has 0 saturated heterocycles. The Morgan fingerprint density at radius 3 is 2.21 bits per heavy atom. The molecule has 0 bridgehead atoms. The van der Waals surface area contributed by atoms with Crippen LogP contribution in [0.15, 0.2) is 23.2 Å². The second-order valence-corrected chi connectivity index (χ2v) is 8.69. The highest BCUT2D eigenvalue weighted by molar-refractivity contribution is 7.89. The van der Waals surface area contributed by atoms with Crippen LogP contribution < -0.4 is 14.8 Å². The van der Waals surface area contributed by atoms with E-state index in [-0.39, 0.29) is 10.9 Å². The van der Waals surface area contributed by atoms with Crippen molar-refractivity contribution < 1.29 is 17.9 Å². The summed E-state index contributed by atoms with van der Waals surface area (Å²) in [5.41, 5.74) is 6.32. The fraction of sp³-hybridized carbons (Fsp3) is 0.474. The number of aromatic nitrogens is 2. The molecule has 0 amide bonds. The van der Waals surface area contributed by atoms with Crippen molar-refractivity contribution in [3.63, 3.8) is 0 Å². The van der Waals surface area contributed by atoms with Crippen LogP contribution in [0.5, 0.6) is 5.88 Å². The molecule has 0 radical (unpaired) electrons. The van der Waals surface area contributed by atoms with Gasteiger partial charge in [-0.1, -0.05) is 6.07 Å². The van der Waals surface area contributed by atoms with E-state index in [2.05, 4.69) is 26.3 Å². The lowest BCUT2D eigenvalue weighted by molar-refractivity contribution is 0.116. The molecular weight excluding hydrogens is 380 g/mol. The number of aryl methyl sites for hydroxylation is 2. The summed E-state index contributed by atoms with van der Waals surface area (Å²) < 4.78 is 38.2. The van der Waals surface area contributed by atoms with Crippen LogP contribution in [0.1, 0.15) is 35.1 Å². The van der Waals surface area contributed by atoms with E-state index in [1.54, 1.807) is 0 Å². The minimum atomic E-state index is -3.91. The highest BCUT2D eigenvalue weighted by Gasteiger charge is 2.27. The Balaban J connectivity index is 1.59. The van der Waals surface area contributed by atoms with Crippen LogP contribution in [0.25, 0.3) is 0 Å². The lowest BCUT2D eigenvalue weighted by Gasteiger charge is -2.23. The van der Waals surface area contributed by atoms with E-state index in [0.29, 0.717) is 0 Å². The Bertz CT molecular complexity index is 944. The Hall–Kier alpha value is -2.23. The number of ether oxygens (including phenoxy) is 2. The van der Waals surface area contributed by atoms with Gasteiger partial charge >= 0.3 is 0 Å². The summed E-state index contributed by atoms with van der Waals surface area (Å²) in [6.45, 7) is 0. The molecule has 150 valence electrons. The maximum atomic E-state index is 12.7. The van der Waals surface area contributed by atoms with Gasteiger partial charge in [-0.3, -0.25) is 0 Å². The average molecular weight is 404 g/mol. The summed E-state index contributed by atoms with van der Waals surface area (Å²) in [7, 11) is -1.01. The molecule has 0 fully saturated rings. The first-order valence-corrected chi connectivity index (χ1v) is 10.9. The van der Waals surface area contributed by atoms with Gasteiger partial charge in [-0.15, -0.1) is 10.2 Å². The van der Waals surface area contributed by atoms with Crippen molar-refractivity contribution >= 4 is 15.7 Å². The van der Waals surface area contributed by atoms with Gasteiger partial charge in [0.1, 0.15) is 0 Å². The highest BCUT2D eigenvalue weighted by atomic mass is 32.2. The first kappa shape index (κ1) is 19.1. The maximum absolute atomic E-state index is 12.7. The minimum Gasteiger partial charge on any atom is -0.480 e. The zero-order valence-electron chi connectivity index (χ0n) is 16.0. The number of methoxy groups -OCH3 is 2. The van der Waals surface area contributed by atoms with Crippen molar-refractivity contribution in [2.75, 3.05) is 19.5 Å². The third-order valence-corrected chi connectivity index (χ3v) is 6.64. The van der Waals surface area contributed by atoms with E-state index in [4.69, 9.17) is 9.47 Å². The van der Waals surface area contributed by atoms with Crippen LogP contribution in [0, 0.1) is 0 Å². The molecule has 2 aliphatic rings.